The molecule has 1 saturated heterocycles. The third-order valence-corrected chi connectivity index (χ3v) is 5.91. The SMILES string of the molecule is Cc1c(CO)c(CO)c2c3cc4ccccc4cc3c(N3CCCC3)nn12. The van der Waals surface area contributed by atoms with Crippen LogP contribution in [0.1, 0.15) is 29.7 Å². The van der Waals surface area contributed by atoms with E-state index in [2.05, 4.69) is 35.2 Å². The highest BCUT2D eigenvalue weighted by Crippen LogP contribution is 2.37. The van der Waals surface area contributed by atoms with Crippen LogP contribution in [0.4, 0.5) is 5.82 Å². The van der Waals surface area contributed by atoms with Crippen LogP contribution in [0.15, 0.2) is 36.4 Å². The van der Waals surface area contributed by atoms with Crippen molar-refractivity contribution in [1.82, 2.24) is 9.61 Å². The largest absolute Gasteiger partial charge is 0.392 e. The second-order valence-electron chi connectivity index (χ2n) is 7.38. The number of rotatable bonds is 3. The molecule has 0 bridgehead atoms. The first kappa shape index (κ1) is 16.5. The molecule has 0 spiro atoms. The maximum absolute atomic E-state index is 10.1. The molecular formula is C22H23N3O2. The van der Waals surface area contributed by atoms with E-state index in [0.29, 0.717) is 0 Å². The Kier molecular flexibility index (Phi) is 3.81. The molecule has 1 fully saturated rings. The number of aliphatic hydroxyl groups is 2. The summed E-state index contributed by atoms with van der Waals surface area (Å²) in [5, 5.41) is 29.5. The van der Waals surface area contributed by atoms with Gasteiger partial charge in [0.05, 0.1) is 18.7 Å². The Morgan fingerprint density at radius 1 is 0.926 bits per heavy atom. The second-order valence-corrected chi connectivity index (χ2v) is 7.38. The lowest BCUT2D eigenvalue weighted by Gasteiger charge is -2.20. The van der Waals surface area contributed by atoms with Crippen molar-refractivity contribution < 1.29 is 10.2 Å². The Labute approximate surface area is 157 Å². The summed E-state index contributed by atoms with van der Waals surface area (Å²) < 4.78 is 1.92. The summed E-state index contributed by atoms with van der Waals surface area (Å²) in [5.74, 6) is 0.993. The third kappa shape index (κ3) is 2.35. The zero-order valence-corrected chi connectivity index (χ0v) is 15.4. The number of benzene rings is 2. The van der Waals surface area contributed by atoms with Crippen molar-refractivity contribution in [3.8, 4) is 0 Å². The fourth-order valence-corrected chi connectivity index (χ4v) is 4.50. The molecule has 0 aliphatic carbocycles. The van der Waals surface area contributed by atoms with Crippen LogP contribution in [0.5, 0.6) is 0 Å². The quantitative estimate of drug-likeness (QED) is 0.548. The minimum Gasteiger partial charge on any atom is -0.392 e. The molecule has 0 unspecified atom stereocenters. The van der Waals surface area contributed by atoms with E-state index < -0.39 is 0 Å². The highest BCUT2D eigenvalue weighted by Gasteiger charge is 2.23. The van der Waals surface area contributed by atoms with Gasteiger partial charge >= 0.3 is 0 Å². The van der Waals surface area contributed by atoms with E-state index in [-0.39, 0.29) is 13.2 Å². The van der Waals surface area contributed by atoms with Crippen molar-refractivity contribution in [2.75, 3.05) is 18.0 Å². The number of fused-ring (bicyclic) bond motifs is 4. The van der Waals surface area contributed by atoms with E-state index in [1.165, 1.54) is 23.6 Å². The minimum absolute atomic E-state index is 0.0980. The summed E-state index contributed by atoms with van der Waals surface area (Å²) >= 11 is 0. The van der Waals surface area contributed by atoms with E-state index >= 15 is 0 Å². The van der Waals surface area contributed by atoms with Gasteiger partial charge in [-0.3, -0.25) is 0 Å². The number of aliphatic hydroxyl groups excluding tert-OH is 2. The van der Waals surface area contributed by atoms with Crippen LogP contribution in [0.2, 0.25) is 0 Å². The van der Waals surface area contributed by atoms with Gasteiger partial charge in [-0.25, -0.2) is 4.52 Å². The molecule has 27 heavy (non-hydrogen) atoms. The average molecular weight is 361 g/mol. The summed E-state index contributed by atoms with van der Waals surface area (Å²) in [6.07, 6.45) is 2.37. The van der Waals surface area contributed by atoms with Crippen molar-refractivity contribution in [3.63, 3.8) is 0 Å². The van der Waals surface area contributed by atoms with Gasteiger partial charge in [0.15, 0.2) is 5.82 Å². The lowest BCUT2D eigenvalue weighted by Crippen LogP contribution is -2.20. The van der Waals surface area contributed by atoms with Crippen molar-refractivity contribution in [1.29, 1.82) is 0 Å². The third-order valence-electron chi connectivity index (χ3n) is 5.91. The lowest BCUT2D eigenvalue weighted by molar-refractivity contribution is 0.261. The summed E-state index contributed by atoms with van der Waals surface area (Å²) in [5.41, 5.74) is 3.35. The van der Waals surface area contributed by atoms with Gasteiger partial charge in [0, 0.05) is 40.7 Å². The molecule has 5 nitrogen and oxygen atoms in total. The Bertz CT molecular complexity index is 1170. The molecule has 0 atom stereocenters. The van der Waals surface area contributed by atoms with Crippen molar-refractivity contribution in [2.24, 2.45) is 0 Å². The Morgan fingerprint density at radius 3 is 2.19 bits per heavy atom. The monoisotopic (exact) mass is 361 g/mol. The molecule has 0 amide bonds. The van der Waals surface area contributed by atoms with Crippen LogP contribution < -0.4 is 4.90 Å². The van der Waals surface area contributed by atoms with Gasteiger partial charge < -0.3 is 15.1 Å². The van der Waals surface area contributed by atoms with Gasteiger partial charge in [-0.1, -0.05) is 24.3 Å². The predicted molar refractivity (Wildman–Crippen MR) is 108 cm³/mol. The molecule has 5 heteroatoms. The molecule has 138 valence electrons. The van der Waals surface area contributed by atoms with E-state index in [1.807, 2.05) is 17.5 Å². The molecule has 1 aliphatic rings. The maximum atomic E-state index is 10.1. The maximum Gasteiger partial charge on any atom is 0.157 e. The standard InChI is InChI=1S/C22H23N3O2/c1-14-19(12-26)20(13-27)21-17-10-15-6-2-3-7-16(15)11-18(17)22(23-25(14)21)24-8-4-5-9-24/h2-3,6-7,10-11,26-27H,4-5,8-9,12-13H2,1H3. The van der Waals surface area contributed by atoms with Crippen molar-refractivity contribution >= 4 is 32.9 Å². The molecule has 5 rings (SSSR count). The van der Waals surface area contributed by atoms with Crippen LogP contribution in [0.3, 0.4) is 0 Å². The zero-order chi connectivity index (χ0) is 18.5. The fraction of sp³-hybridized carbons (Fsp3) is 0.318. The molecule has 2 aromatic carbocycles. The Hall–Kier alpha value is -2.63. The van der Waals surface area contributed by atoms with Crippen molar-refractivity contribution in [3.05, 3.63) is 53.2 Å². The first-order valence-electron chi connectivity index (χ1n) is 9.55. The van der Waals surface area contributed by atoms with E-state index in [0.717, 1.165) is 52.0 Å². The molecule has 3 heterocycles. The molecule has 1 aliphatic heterocycles. The highest BCUT2D eigenvalue weighted by molar-refractivity contribution is 6.10. The highest BCUT2D eigenvalue weighted by atomic mass is 16.3. The molecule has 2 N–H and O–H groups in total. The number of aromatic nitrogens is 2. The molecule has 0 radical (unpaired) electrons. The predicted octanol–water partition coefficient (Wildman–Crippen LogP) is 3.53. The summed E-state index contributed by atoms with van der Waals surface area (Å²) in [6.45, 7) is 3.78. The molecule has 2 aromatic heterocycles. The lowest BCUT2D eigenvalue weighted by atomic mass is 10.0. The molecular weight excluding hydrogens is 338 g/mol. The fourth-order valence-electron chi connectivity index (χ4n) is 4.50. The number of nitrogens with zero attached hydrogens (tertiary/aromatic N) is 3. The zero-order valence-electron chi connectivity index (χ0n) is 15.4. The summed E-state index contributed by atoms with van der Waals surface area (Å²) in [7, 11) is 0. The number of anilines is 1. The van der Waals surface area contributed by atoms with Crippen LogP contribution in [0, 0.1) is 6.92 Å². The first-order chi connectivity index (χ1) is 13.2. The summed E-state index contributed by atoms with van der Waals surface area (Å²) in [6, 6.07) is 12.8. The van der Waals surface area contributed by atoms with Gasteiger partial charge in [0.25, 0.3) is 0 Å². The van der Waals surface area contributed by atoms with E-state index in [9.17, 15) is 10.2 Å². The number of hydrogen-bond donors (Lipinski definition) is 2. The topological polar surface area (TPSA) is 61.0 Å². The molecule has 0 saturated carbocycles. The van der Waals surface area contributed by atoms with Crippen LogP contribution in [-0.2, 0) is 13.2 Å². The average Bonchev–Trinajstić information content (AvgIpc) is 3.32. The molecule has 4 aromatic rings. The van der Waals surface area contributed by atoms with Crippen molar-refractivity contribution in [2.45, 2.75) is 33.0 Å². The van der Waals surface area contributed by atoms with Crippen LogP contribution in [-0.4, -0.2) is 32.9 Å². The van der Waals surface area contributed by atoms with Crippen LogP contribution in [0.25, 0.3) is 27.1 Å². The second kappa shape index (κ2) is 6.22. The van der Waals surface area contributed by atoms with Gasteiger partial charge in [-0.2, -0.15) is 0 Å². The summed E-state index contributed by atoms with van der Waals surface area (Å²) in [4.78, 5) is 2.35. The van der Waals surface area contributed by atoms with Gasteiger partial charge in [0.1, 0.15) is 0 Å². The Morgan fingerprint density at radius 2 is 1.56 bits per heavy atom. The van der Waals surface area contributed by atoms with Gasteiger partial charge in [0.2, 0.25) is 0 Å². The van der Waals surface area contributed by atoms with Gasteiger partial charge in [-0.15, -0.1) is 5.10 Å². The van der Waals surface area contributed by atoms with Gasteiger partial charge in [-0.05, 0) is 42.7 Å². The number of hydrogen-bond acceptors (Lipinski definition) is 4. The normalized spacial score (nSPS) is 14.9. The first-order valence-corrected chi connectivity index (χ1v) is 9.55. The van der Waals surface area contributed by atoms with E-state index in [4.69, 9.17) is 5.10 Å². The smallest absolute Gasteiger partial charge is 0.157 e. The van der Waals surface area contributed by atoms with E-state index in [1.54, 1.807) is 0 Å². The number of aryl methyl sites for hydroxylation is 1. The Balaban J connectivity index is 1.98. The minimum atomic E-state index is -0.111. The van der Waals surface area contributed by atoms with Crippen LogP contribution >= 0.6 is 0 Å².